The molecule has 0 spiro atoms. The highest BCUT2D eigenvalue weighted by Crippen LogP contribution is 2.40. The van der Waals surface area contributed by atoms with Crippen LogP contribution in [0, 0.1) is 0 Å². The molecule has 0 aliphatic rings. The van der Waals surface area contributed by atoms with Crippen molar-refractivity contribution in [3.05, 3.63) is 212 Å². The zero-order valence-corrected chi connectivity index (χ0v) is 31.6. The van der Waals surface area contributed by atoms with Crippen LogP contribution < -0.4 is 0 Å². The molecule has 0 N–H and O–H groups in total. The number of allylic oxidation sites excluding steroid dienone is 2. The number of rotatable bonds is 7. The summed E-state index contributed by atoms with van der Waals surface area (Å²) in [7, 11) is 0. The maximum Gasteiger partial charge on any atom is 0.235 e. The van der Waals surface area contributed by atoms with E-state index < -0.39 is 0 Å². The van der Waals surface area contributed by atoms with E-state index in [-0.39, 0.29) is 0 Å². The molecule has 8 aromatic carbocycles. The summed E-state index contributed by atoms with van der Waals surface area (Å²) in [6.07, 6.45) is 6.03. The van der Waals surface area contributed by atoms with Crippen LogP contribution in [0.25, 0.3) is 106 Å². The minimum Gasteiger partial charge on any atom is -0.309 e. The number of nitrogens with zero attached hydrogens (tertiary/aromatic N) is 4. The molecular formula is C54H36N4. The van der Waals surface area contributed by atoms with E-state index in [1.807, 2.05) is 24.3 Å². The Kier molecular flexibility index (Phi) is 7.93. The molecule has 11 rings (SSSR count). The highest BCUT2D eigenvalue weighted by molar-refractivity contribution is 6.13. The largest absolute Gasteiger partial charge is 0.309 e. The number of para-hydroxylation sites is 4. The van der Waals surface area contributed by atoms with Gasteiger partial charge in [-0.2, -0.15) is 0 Å². The first kappa shape index (κ1) is 33.5. The lowest BCUT2D eigenvalue weighted by Crippen LogP contribution is -2.03. The number of benzene rings is 8. The van der Waals surface area contributed by atoms with Crippen LogP contribution in [-0.2, 0) is 0 Å². The summed E-state index contributed by atoms with van der Waals surface area (Å²) in [5, 5.41) is 5.74. The Balaban J connectivity index is 1.11. The van der Waals surface area contributed by atoms with Crippen LogP contribution in [-0.4, -0.2) is 19.1 Å². The van der Waals surface area contributed by atoms with Gasteiger partial charge in [-0.15, -0.1) is 0 Å². The molecular weight excluding hydrogens is 705 g/mol. The predicted octanol–water partition coefficient (Wildman–Crippen LogP) is 14.0. The van der Waals surface area contributed by atoms with Crippen molar-refractivity contribution in [2.75, 3.05) is 0 Å². The topological polar surface area (TPSA) is 35.6 Å². The van der Waals surface area contributed by atoms with Gasteiger partial charge < -0.3 is 4.57 Å². The molecule has 272 valence electrons. The van der Waals surface area contributed by atoms with E-state index in [9.17, 15) is 0 Å². The highest BCUT2D eigenvalue weighted by Gasteiger charge is 2.20. The van der Waals surface area contributed by atoms with Crippen LogP contribution >= 0.6 is 0 Å². The van der Waals surface area contributed by atoms with Crippen molar-refractivity contribution in [3.8, 4) is 45.1 Å². The molecule has 0 unspecified atom stereocenters. The summed E-state index contributed by atoms with van der Waals surface area (Å²) >= 11 is 0. The number of hydrogen-bond acceptors (Lipinski definition) is 2. The average molecular weight is 741 g/mol. The van der Waals surface area contributed by atoms with Crippen molar-refractivity contribution < 1.29 is 0 Å². The van der Waals surface area contributed by atoms with Crippen molar-refractivity contribution in [1.82, 2.24) is 19.1 Å². The Hall–Kier alpha value is -7.82. The molecule has 0 atom stereocenters. The summed E-state index contributed by atoms with van der Waals surface area (Å²) in [4.78, 5) is 10.6. The van der Waals surface area contributed by atoms with Crippen molar-refractivity contribution in [1.29, 1.82) is 0 Å². The van der Waals surface area contributed by atoms with Gasteiger partial charge in [0.25, 0.3) is 0 Å². The van der Waals surface area contributed by atoms with E-state index in [2.05, 4.69) is 198 Å². The van der Waals surface area contributed by atoms with E-state index in [4.69, 9.17) is 9.97 Å². The van der Waals surface area contributed by atoms with E-state index >= 15 is 0 Å². The molecule has 0 saturated carbocycles. The fourth-order valence-corrected chi connectivity index (χ4v) is 8.64. The lowest BCUT2D eigenvalue weighted by Gasteiger charge is -2.13. The van der Waals surface area contributed by atoms with Gasteiger partial charge >= 0.3 is 0 Å². The van der Waals surface area contributed by atoms with Gasteiger partial charge in [0.05, 0.1) is 33.3 Å². The molecule has 0 aliphatic carbocycles. The molecule has 4 nitrogen and oxygen atoms in total. The van der Waals surface area contributed by atoms with Gasteiger partial charge in [0.15, 0.2) is 0 Å². The van der Waals surface area contributed by atoms with Gasteiger partial charge in [-0.3, -0.25) is 4.57 Å². The first-order valence-corrected chi connectivity index (χ1v) is 19.6. The minimum absolute atomic E-state index is 0.643. The van der Waals surface area contributed by atoms with E-state index in [1.165, 1.54) is 27.4 Å². The second kappa shape index (κ2) is 13.7. The monoisotopic (exact) mass is 740 g/mol. The van der Waals surface area contributed by atoms with Gasteiger partial charge in [-0.05, 0) is 82.4 Å². The van der Waals surface area contributed by atoms with Gasteiger partial charge in [0, 0.05) is 38.2 Å². The zero-order chi connectivity index (χ0) is 38.6. The van der Waals surface area contributed by atoms with E-state index in [0.29, 0.717) is 5.95 Å². The van der Waals surface area contributed by atoms with Gasteiger partial charge in [0.1, 0.15) is 0 Å². The highest BCUT2D eigenvalue weighted by atomic mass is 15.2. The lowest BCUT2D eigenvalue weighted by atomic mass is 9.95. The molecule has 4 heteroatoms. The molecule has 0 amide bonds. The zero-order valence-electron chi connectivity index (χ0n) is 31.6. The lowest BCUT2D eigenvalue weighted by molar-refractivity contribution is 1.01. The molecule has 0 radical (unpaired) electrons. The third kappa shape index (κ3) is 5.46. The molecule has 3 aromatic heterocycles. The Labute approximate surface area is 335 Å². The average Bonchev–Trinajstić information content (AvgIpc) is 3.80. The number of hydrogen-bond donors (Lipinski definition) is 0. The van der Waals surface area contributed by atoms with Crippen molar-refractivity contribution in [2.45, 2.75) is 0 Å². The third-order valence-corrected chi connectivity index (χ3v) is 11.3. The van der Waals surface area contributed by atoms with Gasteiger partial charge in [0.2, 0.25) is 5.95 Å². The number of fused-ring (bicyclic) bond motifs is 7. The van der Waals surface area contributed by atoms with Crippen molar-refractivity contribution in [3.63, 3.8) is 0 Å². The fourth-order valence-electron chi connectivity index (χ4n) is 8.64. The van der Waals surface area contributed by atoms with Gasteiger partial charge in [-0.25, -0.2) is 9.97 Å². The van der Waals surface area contributed by atoms with Crippen LogP contribution in [0.5, 0.6) is 0 Å². The summed E-state index contributed by atoms with van der Waals surface area (Å²) < 4.78 is 4.59. The summed E-state index contributed by atoms with van der Waals surface area (Å²) in [6, 6.07) is 66.9. The van der Waals surface area contributed by atoms with E-state index in [1.54, 1.807) is 0 Å². The molecule has 0 bridgehead atoms. The second-order valence-corrected chi connectivity index (χ2v) is 14.7. The quantitative estimate of drug-likeness (QED) is 0.153. The summed E-state index contributed by atoms with van der Waals surface area (Å²) in [5.74, 6) is 0.643. The maximum atomic E-state index is 5.37. The maximum absolute atomic E-state index is 5.37. The Morgan fingerprint density at radius 2 is 0.983 bits per heavy atom. The molecule has 58 heavy (non-hydrogen) atoms. The molecule has 0 aliphatic heterocycles. The molecule has 3 heterocycles. The van der Waals surface area contributed by atoms with Crippen LogP contribution in [0.1, 0.15) is 5.56 Å². The third-order valence-electron chi connectivity index (χ3n) is 11.3. The SMILES string of the molecule is C=C/C=C\c1cc2c(cc1-c1ccc3c(c1)c1ccccc1n3-c1nc(-c3ccc(-c4ccccc4)cc3)c3ccccc3n1)c1ccccc1n2-c1ccccc1. The fraction of sp³-hybridized carbons (Fsp3) is 0. The minimum atomic E-state index is 0.643. The Morgan fingerprint density at radius 1 is 0.414 bits per heavy atom. The summed E-state index contributed by atoms with van der Waals surface area (Å²) in [6.45, 7) is 4.00. The first-order valence-electron chi connectivity index (χ1n) is 19.6. The smallest absolute Gasteiger partial charge is 0.235 e. The van der Waals surface area contributed by atoms with Gasteiger partial charge in [-0.1, -0.05) is 158 Å². The standard InChI is InChI=1S/C54H36N4/c1-2-3-16-39-34-52-47(43-22-11-14-25-49(43)57(52)41-19-8-5-9-20-41)35-45(39)40-31-32-51-46(33-40)42-21-12-15-26-50(42)58(51)54-55-48-24-13-10-23-44(48)53(56-54)38-29-27-37(28-30-38)36-17-6-4-7-18-36/h2-35H,1H2/b16-3-. The van der Waals surface area contributed by atoms with Crippen molar-refractivity contribution >= 4 is 60.6 Å². The Bertz CT molecular complexity index is 3390. The Morgan fingerprint density at radius 3 is 1.72 bits per heavy atom. The van der Waals surface area contributed by atoms with E-state index in [0.717, 1.165) is 71.9 Å². The predicted molar refractivity (Wildman–Crippen MR) is 244 cm³/mol. The normalized spacial score (nSPS) is 11.8. The summed E-state index contributed by atoms with van der Waals surface area (Å²) in [5.41, 5.74) is 14.2. The van der Waals surface area contributed by atoms with Crippen LogP contribution in [0.3, 0.4) is 0 Å². The first-order chi connectivity index (χ1) is 28.7. The number of aromatic nitrogens is 4. The van der Waals surface area contributed by atoms with Crippen molar-refractivity contribution in [2.24, 2.45) is 0 Å². The molecule has 0 fully saturated rings. The van der Waals surface area contributed by atoms with Crippen LogP contribution in [0.15, 0.2) is 207 Å². The molecule has 0 saturated heterocycles. The second-order valence-electron chi connectivity index (χ2n) is 14.7. The van der Waals surface area contributed by atoms with Crippen LogP contribution in [0.2, 0.25) is 0 Å². The molecule has 11 aromatic rings. The van der Waals surface area contributed by atoms with Crippen LogP contribution in [0.4, 0.5) is 0 Å².